The van der Waals surface area contributed by atoms with Gasteiger partial charge in [0.25, 0.3) is 0 Å². The van der Waals surface area contributed by atoms with Crippen molar-refractivity contribution in [3.63, 3.8) is 0 Å². The Bertz CT molecular complexity index is 668. The maximum absolute atomic E-state index is 12.9. The van der Waals surface area contributed by atoms with Gasteiger partial charge in [-0.05, 0) is 30.0 Å². The smallest absolute Gasteiger partial charge is 0.381 e. The van der Waals surface area contributed by atoms with Crippen molar-refractivity contribution in [2.24, 2.45) is 10.9 Å². The molecule has 0 spiro atoms. The first-order valence-electron chi connectivity index (χ1n) is 9.55. The predicted molar refractivity (Wildman–Crippen MR) is 123 cm³/mol. The number of alkyl halides is 3. The molecule has 0 heterocycles. The van der Waals surface area contributed by atoms with Gasteiger partial charge in [0, 0.05) is 33.9 Å². The second kappa shape index (κ2) is 14.4. The van der Waals surface area contributed by atoms with Crippen molar-refractivity contribution in [3.8, 4) is 0 Å². The molecule has 0 unspecified atom stereocenters. The largest absolute Gasteiger partial charge is 0.416 e. The Morgan fingerprint density at radius 2 is 1.93 bits per heavy atom. The van der Waals surface area contributed by atoms with E-state index < -0.39 is 11.7 Å². The number of aliphatic imine (C=N–C) groups is 1. The highest BCUT2D eigenvalue weighted by atomic mass is 127. The van der Waals surface area contributed by atoms with E-state index in [4.69, 9.17) is 4.74 Å². The van der Waals surface area contributed by atoms with Crippen molar-refractivity contribution in [2.75, 3.05) is 40.4 Å². The lowest BCUT2D eigenvalue weighted by Gasteiger charge is -2.15. The number of carbonyl (C=O) groups is 1. The van der Waals surface area contributed by atoms with Crippen LogP contribution in [0.3, 0.4) is 0 Å². The van der Waals surface area contributed by atoms with Crippen molar-refractivity contribution in [3.05, 3.63) is 35.4 Å². The number of ether oxygens (including phenoxy) is 1. The molecule has 0 bridgehead atoms. The van der Waals surface area contributed by atoms with E-state index in [-0.39, 0.29) is 43.0 Å². The van der Waals surface area contributed by atoms with Gasteiger partial charge in [0.15, 0.2) is 5.96 Å². The number of nitrogens with zero attached hydrogens (tertiary/aromatic N) is 2. The van der Waals surface area contributed by atoms with Crippen LogP contribution in [-0.4, -0.2) is 57.2 Å². The van der Waals surface area contributed by atoms with Crippen LogP contribution in [0.5, 0.6) is 0 Å². The molecule has 0 saturated heterocycles. The lowest BCUT2D eigenvalue weighted by atomic mass is 10.1. The van der Waals surface area contributed by atoms with Crippen molar-refractivity contribution in [1.29, 1.82) is 0 Å². The fraction of sp³-hybridized carbons (Fsp3) is 0.600. The van der Waals surface area contributed by atoms with E-state index in [0.717, 1.165) is 18.6 Å². The van der Waals surface area contributed by atoms with Gasteiger partial charge in [-0.2, -0.15) is 13.2 Å². The van der Waals surface area contributed by atoms with Crippen molar-refractivity contribution in [1.82, 2.24) is 15.5 Å². The SMILES string of the molecule is CC(C)COCCCNC(=NCc1cccc(C(F)(F)F)c1)NCC(=O)N(C)C.I. The van der Waals surface area contributed by atoms with Gasteiger partial charge in [0.05, 0.1) is 18.7 Å². The Morgan fingerprint density at radius 3 is 2.53 bits per heavy atom. The number of rotatable bonds is 10. The molecule has 1 rings (SSSR count). The molecule has 0 aromatic heterocycles. The summed E-state index contributed by atoms with van der Waals surface area (Å²) >= 11 is 0. The monoisotopic (exact) mass is 544 g/mol. The average Bonchev–Trinajstić information content (AvgIpc) is 2.64. The van der Waals surface area contributed by atoms with Gasteiger partial charge in [-0.25, -0.2) is 4.99 Å². The van der Waals surface area contributed by atoms with Crippen LogP contribution in [0, 0.1) is 5.92 Å². The van der Waals surface area contributed by atoms with E-state index in [1.807, 2.05) is 0 Å². The normalized spacial score (nSPS) is 11.8. The zero-order valence-electron chi connectivity index (χ0n) is 17.9. The minimum absolute atomic E-state index is 0. The maximum Gasteiger partial charge on any atom is 0.416 e. The van der Waals surface area contributed by atoms with Crippen molar-refractivity contribution < 1.29 is 22.7 Å². The Labute approximate surface area is 193 Å². The molecule has 6 nitrogen and oxygen atoms in total. The van der Waals surface area contributed by atoms with Crippen LogP contribution >= 0.6 is 24.0 Å². The molecule has 0 saturated carbocycles. The molecule has 0 atom stereocenters. The van der Waals surface area contributed by atoms with E-state index in [0.29, 0.717) is 37.2 Å². The summed E-state index contributed by atoms with van der Waals surface area (Å²) in [5, 5.41) is 5.99. The molecule has 1 aromatic rings. The van der Waals surface area contributed by atoms with Crippen LogP contribution in [0.25, 0.3) is 0 Å². The number of carbonyl (C=O) groups excluding carboxylic acids is 1. The fourth-order valence-electron chi connectivity index (χ4n) is 2.21. The first kappa shape index (κ1) is 28.4. The number of nitrogens with one attached hydrogen (secondary N) is 2. The van der Waals surface area contributed by atoms with Crippen molar-refractivity contribution in [2.45, 2.75) is 33.0 Å². The third kappa shape index (κ3) is 12.2. The summed E-state index contributed by atoms with van der Waals surface area (Å²) in [7, 11) is 3.28. The molecule has 1 aromatic carbocycles. The number of hydrogen-bond donors (Lipinski definition) is 2. The van der Waals surface area contributed by atoms with Crippen LogP contribution in [0.4, 0.5) is 13.2 Å². The summed E-state index contributed by atoms with van der Waals surface area (Å²) in [5.41, 5.74) is -0.280. The standard InChI is InChI=1S/C20H31F3N4O2.HI/c1-15(2)14-29-10-6-9-24-19(26-13-18(28)27(3)4)25-12-16-7-5-8-17(11-16)20(21,22)23;/h5,7-8,11,15H,6,9-10,12-14H2,1-4H3,(H2,24,25,26);1H. The van der Waals surface area contributed by atoms with Gasteiger partial charge in [-0.1, -0.05) is 26.0 Å². The summed E-state index contributed by atoms with van der Waals surface area (Å²) in [4.78, 5) is 17.5. The van der Waals surface area contributed by atoms with Crippen LogP contribution in [0.1, 0.15) is 31.4 Å². The minimum Gasteiger partial charge on any atom is -0.381 e. The van der Waals surface area contributed by atoms with E-state index in [1.54, 1.807) is 20.2 Å². The molecular formula is C20H32F3IN4O2. The van der Waals surface area contributed by atoms with Crippen LogP contribution in [0.15, 0.2) is 29.3 Å². The number of amides is 1. The molecule has 10 heteroatoms. The fourth-order valence-corrected chi connectivity index (χ4v) is 2.21. The van der Waals surface area contributed by atoms with E-state index in [2.05, 4.69) is 29.5 Å². The van der Waals surface area contributed by atoms with Gasteiger partial charge in [0.1, 0.15) is 0 Å². The third-order valence-electron chi connectivity index (χ3n) is 3.79. The minimum atomic E-state index is -4.40. The van der Waals surface area contributed by atoms with E-state index in [1.165, 1.54) is 11.0 Å². The van der Waals surface area contributed by atoms with Gasteiger partial charge >= 0.3 is 6.18 Å². The highest BCUT2D eigenvalue weighted by molar-refractivity contribution is 14.0. The summed E-state index contributed by atoms with van der Waals surface area (Å²) in [6, 6.07) is 5.04. The van der Waals surface area contributed by atoms with Crippen LogP contribution in [0.2, 0.25) is 0 Å². The quantitative estimate of drug-likeness (QED) is 0.205. The van der Waals surface area contributed by atoms with Gasteiger partial charge < -0.3 is 20.3 Å². The second-order valence-electron chi connectivity index (χ2n) is 7.25. The molecule has 0 fully saturated rings. The molecule has 172 valence electrons. The lowest BCUT2D eigenvalue weighted by molar-refractivity contribution is -0.137. The second-order valence-corrected chi connectivity index (χ2v) is 7.25. The van der Waals surface area contributed by atoms with Crippen molar-refractivity contribution >= 4 is 35.8 Å². The number of halogens is 4. The maximum atomic E-state index is 12.9. The van der Waals surface area contributed by atoms with Gasteiger partial charge in [-0.3, -0.25) is 4.79 Å². The zero-order valence-corrected chi connectivity index (χ0v) is 20.2. The molecule has 2 N–H and O–H groups in total. The highest BCUT2D eigenvalue weighted by Gasteiger charge is 2.30. The third-order valence-corrected chi connectivity index (χ3v) is 3.79. The zero-order chi connectivity index (χ0) is 21.9. The first-order valence-corrected chi connectivity index (χ1v) is 9.55. The number of guanidine groups is 1. The molecule has 0 aliphatic heterocycles. The molecule has 0 radical (unpaired) electrons. The molecular weight excluding hydrogens is 512 g/mol. The number of benzene rings is 1. The topological polar surface area (TPSA) is 66.0 Å². The average molecular weight is 544 g/mol. The van der Waals surface area contributed by atoms with Crippen LogP contribution < -0.4 is 10.6 Å². The molecule has 30 heavy (non-hydrogen) atoms. The summed E-state index contributed by atoms with van der Waals surface area (Å²) < 4.78 is 44.1. The Hall–Kier alpha value is -1.56. The Kier molecular flexibility index (Phi) is 13.7. The number of likely N-dealkylation sites (N-methyl/N-ethyl adjacent to an activating group) is 1. The first-order chi connectivity index (χ1) is 13.6. The summed E-state index contributed by atoms with van der Waals surface area (Å²) in [5.74, 6) is 0.687. The summed E-state index contributed by atoms with van der Waals surface area (Å²) in [6.45, 7) is 6.06. The molecule has 1 amide bonds. The molecule has 0 aliphatic rings. The lowest BCUT2D eigenvalue weighted by Crippen LogP contribution is -2.43. The van der Waals surface area contributed by atoms with E-state index >= 15 is 0 Å². The Balaban J connectivity index is 0.00000841. The van der Waals surface area contributed by atoms with Crippen LogP contribution in [-0.2, 0) is 22.3 Å². The van der Waals surface area contributed by atoms with Gasteiger partial charge in [0.2, 0.25) is 5.91 Å². The summed E-state index contributed by atoms with van der Waals surface area (Å²) in [6.07, 6.45) is -3.66. The van der Waals surface area contributed by atoms with Gasteiger partial charge in [-0.15, -0.1) is 24.0 Å². The predicted octanol–water partition coefficient (Wildman–Crippen LogP) is 3.51. The van der Waals surface area contributed by atoms with E-state index in [9.17, 15) is 18.0 Å². The number of hydrogen-bond acceptors (Lipinski definition) is 3. The highest BCUT2D eigenvalue weighted by Crippen LogP contribution is 2.29. The molecule has 0 aliphatic carbocycles. The Morgan fingerprint density at radius 1 is 1.23 bits per heavy atom.